The van der Waals surface area contributed by atoms with Gasteiger partial charge >= 0.3 is 0 Å². The first-order valence-corrected chi connectivity index (χ1v) is 8.68. The van der Waals surface area contributed by atoms with Crippen molar-refractivity contribution in [3.05, 3.63) is 41.7 Å². The Labute approximate surface area is 153 Å². The van der Waals surface area contributed by atoms with Gasteiger partial charge in [0.25, 0.3) is 0 Å². The number of rotatable bonds is 6. The number of carbonyl (C=O) groups excluding carboxylic acids is 1. The Morgan fingerprint density at radius 1 is 1.27 bits per heavy atom. The topological polar surface area (TPSA) is 68.6 Å². The Morgan fingerprint density at radius 3 is 2.54 bits per heavy atom. The molecule has 2 heterocycles. The second-order valence-electron chi connectivity index (χ2n) is 6.73. The average molecular weight is 358 g/mol. The maximum atomic E-state index is 13.0. The molecule has 1 amide bonds. The van der Waals surface area contributed by atoms with Gasteiger partial charge in [0.15, 0.2) is 0 Å². The Hall–Kier alpha value is -2.54. The molecule has 0 saturated carbocycles. The highest BCUT2D eigenvalue weighted by Gasteiger charge is 2.36. The quantitative estimate of drug-likeness (QED) is 0.845. The third-order valence-electron chi connectivity index (χ3n) is 4.89. The summed E-state index contributed by atoms with van der Waals surface area (Å²) >= 11 is 0. The highest BCUT2D eigenvalue weighted by atomic mass is 16.5. The van der Waals surface area contributed by atoms with Gasteiger partial charge in [-0.3, -0.25) is 9.48 Å². The molecule has 2 aromatic rings. The lowest BCUT2D eigenvalue weighted by molar-refractivity contribution is -0.134. The molecule has 1 saturated heterocycles. The molecular weight excluding hydrogens is 332 g/mol. The summed E-state index contributed by atoms with van der Waals surface area (Å²) in [7, 11) is 6.98. The van der Waals surface area contributed by atoms with Gasteiger partial charge in [0.2, 0.25) is 5.91 Å². The van der Waals surface area contributed by atoms with E-state index in [0.29, 0.717) is 13.1 Å². The number of hydrogen-bond donors (Lipinski definition) is 1. The number of nitrogens with zero attached hydrogens (tertiary/aromatic N) is 3. The zero-order valence-corrected chi connectivity index (χ0v) is 15.7. The summed E-state index contributed by atoms with van der Waals surface area (Å²) in [6.07, 6.45) is 3.84. The minimum Gasteiger partial charge on any atom is -0.497 e. The van der Waals surface area contributed by atoms with E-state index in [4.69, 9.17) is 9.47 Å². The average Bonchev–Trinajstić information content (AvgIpc) is 3.29. The third kappa shape index (κ3) is 3.83. The number of amides is 1. The van der Waals surface area contributed by atoms with E-state index in [2.05, 4.69) is 10.4 Å². The molecule has 1 aromatic heterocycles. The van der Waals surface area contributed by atoms with Crippen LogP contribution in [0.1, 0.15) is 17.0 Å². The van der Waals surface area contributed by atoms with E-state index in [1.807, 2.05) is 44.7 Å². The highest BCUT2D eigenvalue weighted by Crippen LogP contribution is 2.30. The van der Waals surface area contributed by atoms with E-state index in [1.54, 1.807) is 23.8 Å². The van der Waals surface area contributed by atoms with Crippen LogP contribution in [-0.4, -0.2) is 54.9 Å². The molecule has 0 unspecified atom stereocenters. The first-order valence-electron chi connectivity index (χ1n) is 8.68. The zero-order chi connectivity index (χ0) is 18.7. The molecule has 140 valence electrons. The zero-order valence-electron chi connectivity index (χ0n) is 15.7. The standard InChI is InChI=1S/C19H26N4O3/c1-22(11-13-5-15(25-3)7-16(6-13)26-4)19(24)18-10-20-9-17(18)14-8-21-23(2)12-14/h5-8,12,17-18,20H,9-11H2,1-4H3/t17-,18+/m1/s1. The van der Waals surface area contributed by atoms with E-state index in [9.17, 15) is 4.79 Å². The molecular formula is C19H26N4O3. The van der Waals surface area contributed by atoms with Gasteiger partial charge in [0.05, 0.1) is 26.3 Å². The second kappa shape index (κ2) is 7.78. The number of hydrogen-bond acceptors (Lipinski definition) is 5. The van der Waals surface area contributed by atoms with E-state index in [1.165, 1.54) is 0 Å². The predicted molar refractivity (Wildman–Crippen MR) is 98.3 cm³/mol. The van der Waals surface area contributed by atoms with Gasteiger partial charge in [-0.15, -0.1) is 0 Å². The molecule has 1 aromatic carbocycles. The lowest BCUT2D eigenvalue weighted by Gasteiger charge is -2.24. The normalized spacial score (nSPS) is 19.4. The summed E-state index contributed by atoms with van der Waals surface area (Å²) in [4.78, 5) is 14.8. The van der Waals surface area contributed by atoms with E-state index < -0.39 is 0 Å². The van der Waals surface area contributed by atoms with Crippen molar-refractivity contribution in [1.82, 2.24) is 20.0 Å². The van der Waals surface area contributed by atoms with Crippen LogP contribution in [-0.2, 0) is 18.4 Å². The van der Waals surface area contributed by atoms with Crippen molar-refractivity contribution in [3.63, 3.8) is 0 Å². The van der Waals surface area contributed by atoms with Crippen molar-refractivity contribution in [2.75, 3.05) is 34.4 Å². The van der Waals surface area contributed by atoms with Crippen LogP contribution in [0, 0.1) is 5.92 Å². The molecule has 0 aliphatic carbocycles. The SMILES string of the molecule is COc1cc(CN(C)C(=O)[C@H]2CNC[C@@H]2c2cnn(C)c2)cc(OC)c1. The first kappa shape index (κ1) is 18.3. The predicted octanol–water partition coefficient (Wildman–Crippen LogP) is 1.40. The number of nitrogens with one attached hydrogen (secondary N) is 1. The maximum absolute atomic E-state index is 13.0. The monoisotopic (exact) mass is 358 g/mol. The summed E-state index contributed by atoms with van der Waals surface area (Å²) in [5, 5.41) is 7.58. The smallest absolute Gasteiger partial charge is 0.227 e. The largest absolute Gasteiger partial charge is 0.497 e. The van der Waals surface area contributed by atoms with E-state index >= 15 is 0 Å². The molecule has 26 heavy (non-hydrogen) atoms. The molecule has 0 bridgehead atoms. The Balaban J connectivity index is 1.73. The number of aromatic nitrogens is 2. The fourth-order valence-electron chi connectivity index (χ4n) is 3.51. The second-order valence-corrected chi connectivity index (χ2v) is 6.73. The fraction of sp³-hybridized carbons (Fsp3) is 0.474. The Morgan fingerprint density at radius 2 is 1.96 bits per heavy atom. The molecule has 1 aliphatic heterocycles. The molecule has 0 radical (unpaired) electrons. The van der Waals surface area contributed by atoms with Crippen LogP contribution in [0.2, 0.25) is 0 Å². The van der Waals surface area contributed by atoms with E-state index in [-0.39, 0.29) is 17.7 Å². The lowest BCUT2D eigenvalue weighted by Crippen LogP contribution is -2.35. The first-order chi connectivity index (χ1) is 12.5. The van der Waals surface area contributed by atoms with Crippen LogP contribution in [0.25, 0.3) is 0 Å². The summed E-state index contributed by atoms with van der Waals surface area (Å²) < 4.78 is 12.4. The van der Waals surface area contributed by atoms with Crippen LogP contribution in [0.3, 0.4) is 0 Å². The van der Waals surface area contributed by atoms with Gasteiger partial charge in [-0.25, -0.2) is 0 Å². The number of carbonyl (C=O) groups is 1. The summed E-state index contributed by atoms with van der Waals surface area (Å²) in [5.41, 5.74) is 2.08. The van der Waals surface area contributed by atoms with Crippen LogP contribution in [0.15, 0.2) is 30.6 Å². The maximum Gasteiger partial charge on any atom is 0.227 e. The molecule has 3 rings (SSSR count). The Kier molecular flexibility index (Phi) is 5.46. The molecule has 0 spiro atoms. The van der Waals surface area contributed by atoms with Crippen LogP contribution >= 0.6 is 0 Å². The summed E-state index contributed by atoms with van der Waals surface area (Å²) in [5.74, 6) is 1.63. The molecule has 7 nitrogen and oxygen atoms in total. The molecule has 1 N–H and O–H groups in total. The van der Waals surface area contributed by atoms with Crippen molar-refractivity contribution >= 4 is 5.91 Å². The van der Waals surface area contributed by atoms with Gasteiger partial charge in [-0.1, -0.05) is 0 Å². The molecule has 7 heteroatoms. The molecule has 1 fully saturated rings. The van der Waals surface area contributed by atoms with Crippen molar-refractivity contribution in [1.29, 1.82) is 0 Å². The summed E-state index contributed by atoms with van der Waals surface area (Å²) in [6.45, 7) is 1.98. The van der Waals surface area contributed by atoms with E-state index in [0.717, 1.165) is 29.2 Å². The van der Waals surface area contributed by atoms with Crippen molar-refractivity contribution in [2.45, 2.75) is 12.5 Å². The summed E-state index contributed by atoms with van der Waals surface area (Å²) in [6, 6.07) is 5.68. The molecule has 1 aliphatic rings. The lowest BCUT2D eigenvalue weighted by atomic mass is 9.90. The van der Waals surface area contributed by atoms with Gasteiger partial charge in [0, 0.05) is 51.9 Å². The Bertz CT molecular complexity index is 752. The van der Waals surface area contributed by atoms with Crippen LogP contribution in [0.4, 0.5) is 0 Å². The van der Waals surface area contributed by atoms with Gasteiger partial charge in [-0.2, -0.15) is 5.10 Å². The van der Waals surface area contributed by atoms with Crippen LogP contribution in [0.5, 0.6) is 11.5 Å². The molecule has 2 atom stereocenters. The van der Waals surface area contributed by atoms with Crippen molar-refractivity contribution < 1.29 is 14.3 Å². The van der Waals surface area contributed by atoms with Crippen molar-refractivity contribution in [3.8, 4) is 11.5 Å². The highest BCUT2D eigenvalue weighted by molar-refractivity contribution is 5.80. The van der Waals surface area contributed by atoms with Crippen LogP contribution < -0.4 is 14.8 Å². The number of methoxy groups -OCH3 is 2. The number of aryl methyl sites for hydroxylation is 1. The van der Waals surface area contributed by atoms with Crippen molar-refractivity contribution in [2.24, 2.45) is 13.0 Å². The van der Waals surface area contributed by atoms with Gasteiger partial charge in [0.1, 0.15) is 11.5 Å². The van der Waals surface area contributed by atoms with Gasteiger partial charge < -0.3 is 19.7 Å². The minimum atomic E-state index is -0.0864. The fourth-order valence-corrected chi connectivity index (χ4v) is 3.51. The third-order valence-corrected chi connectivity index (χ3v) is 4.89. The minimum absolute atomic E-state index is 0.0864. The number of benzene rings is 1. The van der Waals surface area contributed by atoms with Gasteiger partial charge in [-0.05, 0) is 23.3 Å². The number of ether oxygens (including phenoxy) is 2.